The summed E-state index contributed by atoms with van der Waals surface area (Å²) in [5, 5.41) is 2.64. The van der Waals surface area contributed by atoms with Crippen molar-refractivity contribution in [3.63, 3.8) is 0 Å². The fraction of sp³-hybridized carbons (Fsp3) is 0.833. The van der Waals surface area contributed by atoms with Gasteiger partial charge in [-0.25, -0.2) is 0 Å². The SMILES string of the molecule is O=C(CCl)NCC1CCO1. The van der Waals surface area contributed by atoms with Gasteiger partial charge in [0.2, 0.25) is 5.91 Å². The van der Waals surface area contributed by atoms with Crippen molar-refractivity contribution in [3.8, 4) is 0 Å². The van der Waals surface area contributed by atoms with E-state index >= 15 is 0 Å². The highest BCUT2D eigenvalue weighted by atomic mass is 35.5. The summed E-state index contributed by atoms with van der Waals surface area (Å²) in [6.07, 6.45) is 1.27. The average molecular weight is 164 g/mol. The van der Waals surface area contributed by atoms with Crippen LogP contribution in [0.2, 0.25) is 0 Å². The molecule has 1 aliphatic heterocycles. The van der Waals surface area contributed by atoms with Crippen molar-refractivity contribution < 1.29 is 9.53 Å². The van der Waals surface area contributed by atoms with Gasteiger partial charge in [0.25, 0.3) is 0 Å². The largest absolute Gasteiger partial charge is 0.376 e. The Hall–Kier alpha value is -0.280. The third-order valence-corrected chi connectivity index (χ3v) is 1.68. The molecular weight excluding hydrogens is 154 g/mol. The van der Waals surface area contributed by atoms with Gasteiger partial charge in [0.05, 0.1) is 6.10 Å². The quantitative estimate of drug-likeness (QED) is 0.601. The number of alkyl halides is 1. The lowest BCUT2D eigenvalue weighted by Gasteiger charge is -2.26. The highest BCUT2D eigenvalue weighted by Gasteiger charge is 2.17. The Kier molecular flexibility index (Phi) is 2.96. The molecule has 1 saturated heterocycles. The molecule has 58 valence electrons. The summed E-state index contributed by atoms with van der Waals surface area (Å²) >= 11 is 5.24. The van der Waals surface area contributed by atoms with Crippen LogP contribution in [0.1, 0.15) is 6.42 Å². The minimum atomic E-state index is -0.128. The lowest BCUT2D eigenvalue weighted by Crippen LogP contribution is -2.40. The van der Waals surface area contributed by atoms with Crippen LogP contribution in [0.4, 0.5) is 0 Å². The van der Waals surface area contributed by atoms with Gasteiger partial charge in [0, 0.05) is 13.2 Å². The zero-order valence-electron chi connectivity index (χ0n) is 5.60. The van der Waals surface area contributed by atoms with Crippen molar-refractivity contribution in [2.45, 2.75) is 12.5 Å². The first-order valence-electron chi connectivity index (χ1n) is 3.27. The van der Waals surface area contributed by atoms with E-state index in [4.69, 9.17) is 16.3 Å². The Morgan fingerprint density at radius 1 is 1.80 bits per heavy atom. The molecule has 0 aliphatic carbocycles. The zero-order valence-corrected chi connectivity index (χ0v) is 6.36. The van der Waals surface area contributed by atoms with E-state index in [0.717, 1.165) is 13.0 Å². The number of carbonyl (C=O) groups is 1. The van der Waals surface area contributed by atoms with E-state index in [9.17, 15) is 4.79 Å². The van der Waals surface area contributed by atoms with Crippen molar-refractivity contribution in [2.24, 2.45) is 0 Å². The molecule has 0 bridgehead atoms. The molecule has 1 N–H and O–H groups in total. The average Bonchev–Trinajstić information content (AvgIpc) is 1.84. The smallest absolute Gasteiger partial charge is 0.235 e. The number of nitrogens with one attached hydrogen (secondary N) is 1. The van der Waals surface area contributed by atoms with Gasteiger partial charge >= 0.3 is 0 Å². The Bertz CT molecular complexity index is 125. The summed E-state index contributed by atoms with van der Waals surface area (Å²) in [5.74, 6) is -0.0932. The molecule has 0 aromatic carbocycles. The van der Waals surface area contributed by atoms with Crippen molar-refractivity contribution in [3.05, 3.63) is 0 Å². The van der Waals surface area contributed by atoms with Crippen LogP contribution < -0.4 is 5.32 Å². The maximum absolute atomic E-state index is 10.6. The van der Waals surface area contributed by atoms with Crippen LogP contribution in [0, 0.1) is 0 Å². The fourth-order valence-corrected chi connectivity index (χ4v) is 0.815. The molecule has 1 amide bonds. The van der Waals surface area contributed by atoms with Crippen LogP contribution >= 0.6 is 11.6 Å². The van der Waals surface area contributed by atoms with Gasteiger partial charge in [-0.2, -0.15) is 0 Å². The molecule has 10 heavy (non-hydrogen) atoms. The van der Waals surface area contributed by atoms with Crippen molar-refractivity contribution in [1.29, 1.82) is 0 Å². The highest BCUT2D eigenvalue weighted by molar-refractivity contribution is 6.27. The molecule has 0 aromatic heterocycles. The molecule has 1 fully saturated rings. The summed E-state index contributed by atoms with van der Waals surface area (Å²) in [6, 6.07) is 0. The number of carbonyl (C=O) groups excluding carboxylic acids is 1. The van der Waals surface area contributed by atoms with Crippen LogP contribution in [0.3, 0.4) is 0 Å². The lowest BCUT2D eigenvalue weighted by molar-refractivity contribution is -0.120. The second-order valence-electron chi connectivity index (χ2n) is 2.22. The number of ether oxygens (including phenoxy) is 1. The van der Waals surface area contributed by atoms with Gasteiger partial charge in [-0.15, -0.1) is 11.6 Å². The maximum atomic E-state index is 10.6. The van der Waals surface area contributed by atoms with E-state index in [0.29, 0.717) is 6.54 Å². The minimum absolute atomic E-state index is 0.0344. The van der Waals surface area contributed by atoms with Crippen molar-refractivity contribution in [2.75, 3.05) is 19.0 Å². The monoisotopic (exact) mass is 163 g/mol. The fourth-order valence-electron chi connectivity index (χ4n) is 0.720. The summed E-state index contributed by atoms with van der Waals surface area (Å²) in [5.41, 5.74) is 0. The van der Waals surface area contributed by atoms with E-state index < -0.39 is 0 Å². The van der Waals surface area contributed by atoms with Gasteiger partial charge in [-0.3, -0.25) is 4.79 Å². The molecule has 1 heterocycles. The molecule has 4 heteroatoms. The first-order chi connectivity index (χ1) is 4.83. The molecule has 1 unspecified atom stereocenters. The summed E-state index contributed by atoms with van der Waals surface area (Å²) in [4.78, 5) is 10.6. The minimum Gasteiger partial charge on any atom is -0.376 e. The van der Waals surface area contributed by atoms with Gasteiger partial charge in [0.15, 0.2) is 0 Å². The van der Waals surface area contributed by atoms with Gasteiger partial charge in [0.1, 0.15) is 5.88 Å². The van der Waals surface area contributed by atoms with Crippen LogP contribution in [0.25, 0.3) is 0 Å². The first-order valence-corrected chi connectivity index (χ1v) is 3.80. The number of rotatable bonds is 3. The van der Waals surface area contributed by atoms with Crippen LogP contribution in [-0.4, -0.2) is 31.0 Å². The van der Waals surface area contributed by atoms with Gasteiger partial charge in [-0.05, 0) is 6.42 Å². The molecule has 0 radical (unpaired) electrons. The lowest BCUT2D eigenvalue weighted by atomic mass is 10.2. The van der Waals surface area contributed by atoms with Gasteiger partial charge in [-0.1, -0.05) is 0 Å². The normalized spacial score (nSPS) is 23.5. The molecular formula is C6H10ClNO2. The Morgan fingerprint density at radius 3 is 2.90 bits per heavy atom. The van der Waals surface area contributed by atoms with E-state index in [1.54, 1.807) is 0 Å². The number of hydrogen-bond acceptors (Lipinski definition) is 2. The van der Waals surface area contributed by atoms with E-state index in [1.165, 1.54) is 0 Å². The third kappa shape index (κ3) is 2.15. The molecule has 0 saturated carbocycles. The molecule has 3 nitrogen and oxygen atoms in total. The maximum Gasteiger partial charge on any atom is 0.235 e. The highest BCUT2D eigenvalue weighted by Crippen LogP contribution is 2.08. The molecule has 1 atom stereocenters. The van der Waals surface area contributed by atoms with E-state index in [2.05, 4.69) is 5.32 Å². The molecule has 0 spiro atoms. The Morgan fingerprint density at radius 2 is 2.50 bits per heavy atom. The molecule has 1 rings (SSSR count). The predicted molar refractivity (Wildman–Crippen MR) is 38.1 cm³/mol. The van der Waals surface area contributed by atoms with Crippen LogP contribution in [0.5, 0.6) is 0 Å². The van der Waals surface area contributed by atoms with Crippen molar-refractivity contribution in [1.82, 2.24) is 5.32 Å². The summed E-state index contributed by atoms with van der Waals surface area (Å²) < 4.78 is 5.07. The third-order valence-electron chi connectivity index (χ3n) is 1.44. The number of hydrogen-bond donors (Lipinski definition) is 1. The molecule has 0 aromatic rings. The topological polar surface area (TPSA) is 38.3 Å². The van der Waals surface area contributed by atoms with E-state index in [-0.39, 0.29) is 17.9 Å². The summed E-state index contributed by atoms with van der Waals surface area (Å²) in [7, 11) is 0. The van der Waals surface area contributed by atoms with Gasteiger partial charge < -0.3 is 10.1 Å². The number of halogens is 1. The Labute approximate surface area is 64.7 Å². The first kappa shape index (κ1) is 7.82. The van der Waals surface area contributed by atoms with Crippen LogP contribution in [0.15, 0.2) is 0 Å². The second-order valence-corrected chi connectivity index (χ2v) is 2.49. The van der Waals surface area contributed by atoms with Crippen LogP contribution in [-0.2, 0) is 9.53 Å². The summed E-state index contributed by atoms with van der Waals surface area (Å²) in [6.45, 7) is 1.42. The number of amides is 1. The Balaban J connectivity index is 1.98. The molecule has 1 aliphatic rings. The standard InChI is InChI=1S/C6H10ClNO2/c7-3-6(9)8-4-5-1-2-10-5/h5H,1-4H2,(H,8,9). The predicted octanol–water partition coefficient (Wildman–Crippen LogP) is 0.130. The zero-order chi connectivity index (χ0) is 7.40. The second kappa shape index (κ2) is 3.78. The van der Waals surface area contributed by atoms with Crippen molar-refractivity contribution >= 4 is 17.5 Å². The van der Waals surface area contributed by atoms with E-state index in [1.807, 2.05) is 0 Å².